The van der Waals surface area contributed by atoms with Gasteiger partial charge in [-0.1, -0.05) is 61.7 Å². The van der Waals surface area contributed by atoms with E-state index in [0.717, 1.165) is 6.42 Å². The third-order valence-corrected chi connectivity index (χ3v) is 3.33. The second kappa shape index (κ2) is 5.13. The Morgan fingerprint density at radius 2 is 1.80 bits per heavy atom. The topological polar surface area (TPSA) is 0 Å². The first-order valence-corrected chi connectivity index (χ1v) is 8.99. The van der Waals surface area contributed by atoms with Gasteiger partial charge in [0, 0.05) is 0 Å². The van der Waals surface area contributed by atoms with Gasteiger partial charge in [-0.25, -0.2) is 0 Å². The zero-order valence-electron chi connectivity index (χ0n) is 9.96. The van der Waals surface area contributed by atoms with Crippen molar-refractivity contribution in [3.8, 4) is 0 Å². The molecule has 0 heterocycles. The van der Waals surface area contributed by atoms with Crippen LogP contribution in [0.5, 0.6) is 0 Å². The van der Waals surface area contributed by atoms with E-state index in [9.17, 15) is 0 Å². The van der Waals surface area contributed by atoms with Gasteiger partial charge in [0.1, 0.15) is 0 Å². The van der Waals surface area contributed by atoms with Gasteiger partial charge in [0.15, 0.2) is 0 Å². The van der Waals surface area contributed by atoms with Crippen LogP contribution < -0.4 is 0 Å². The van der Waals surface area contributed by atoms with Crippen LogP contribution in [0.4, 0.5) is 0 Å². The summed E-state index contributed by atoms with van der Waals surface area (Å²) in [4.78, 5) is 0. The molecule has 0 nitrogen and oxygen atoms in total. The van der Waals surface area contributed by atoms with Gasteiger partial charge in [-0.15, -0.1) is 6.58 Å². The van der Waals surface area contributed by atoms with E-state index < -0.39 is 8.07 Å². The Morgan fingerprint density at radius 1 is 1.20 bits per heavy atom. The number of allylic oxidation sites excluding steroid dienone is 2. The summed E-state index contributed by atoms with van der Waals surface area (Å²) in [5, 5.41) is 0. The lowest BCUT2D eigenvalue weighted by Gasteiger charge is -2.14. The van der Waals surface area contributed by atoms with E-state index in [1.165, 1.54) is 11.1 Å². The molecule has 0 aromatic heterocycles. The fraction of sp³-hybridized carbons (Fsp3) is 0.286. The van der Waals surface area contributed by atoms with Gasteiger partial charge in [0.25, 0.3) is 0 Å². The Kier molecular flexibility index (Phi) is 4.10. The molecule has 0 radical (unpaired) electrons. The van der Waals surface area contributed by atoms with Crippen molar-refractivity contribution in [2.75, 3.05) is 0 Å². The summed E-state index contributed by atoms with van der Waals surface area (Å²) in [6.45, 7) is 10.9. The molecule has 1 heteroatoms. The summed E-state index contributed by atoms with van der Waals surface area (Å²) in [7, 11) is -1.15. The van der Waals surface area contributed by atoms with Crippen molar-refractivity contribution in [3.05, 3.63) is 54.2 Å². The molecule has 0 aliphatic rings. The largest absolute Gasteiger partial charge is 0.103 e. The van der Waals surface area contributed by atoms with Gasteiger partial charge in [0.2, 0.25) is 0 Å². The van der Waals surface area contributed by atoms with Gasteiger partial charge >= 0.3 is 0 Å². The molecule has 0 spiro atoms. The van der Waals surface area contributed by atoms with E-state index in [1.54, 1.807) is 0 Å². The van der Waals surface area contributed by atoms with E-state index in [1.807, 2.05) is 6.08 Å². The molecular weight excluding hydrogens is 196 g/mol. The second-order valence-electron chi connectivity index (χ2n) is 4.89. The predicted molar refractivity (Wildman–Crippen MR) is 72.6 cm³/mol. The maximum Gasteiger partial charge on any atom is 0.0691 e. The van der Waals surface area contributed by atoms with E-state index >= 15 is 0 Å². The predicted octanol–water partition coefficient (Wildman–Crippen LogP) is 4.52. The fourth-order valence-corrected chi connectivity index (χ4v) is 2.92. The highest BCUT2D eigenvalue weighted by Gasteiger charge is 2.11. The molecule has 1 rings (SSSR count). The van der Waals surface area contributed by atoms with Crippen molar-refractivity contribution >= 4 is 13.6 Å². The summed E-state index contributed by atoms with van der Waals surface area (Å²) in [6.07, 6.45) is 2.95. The second-order valence-corrected chi connectivity index (χ2v) is 9.92. The highest BCUT2D eigenvalue weighted by Crippen LogP contribution is 2.21. The monoisotopic (exact) mass is 216 g/mol. The Morgan fingerprint density at radius 3 is 2.27 bits per heavy atom. The summed E-state index contributed by atoms with van der Waals surface area (Å²) in [6, 6.07) is 10.6. The highest BCUT2D eigenvalue weighted by molar-refractivity contribution is 6.81. The van der Waals surface area contributed by atoms with Crippen molar-refractivity contribution in [3.63, 3.8) is 0 Å². The average molecular weight is 216 g/mol. The van der Waals surface area contributed by atoms with Gasteiger partial charge in [-0.2, -0.15) is 0 Å². The summed E-state index contributed by atoms with van der Waals surface area (Å²) in [5.74, 6) is 0. The smallest absolute Gasteiger partial charge is 0.0691 e. The molecular formula is C14H20Si. The molecule has 0 fully saturated rings. The van der Waals surface area contributed by atoms with E-state index in [-0.39, 0.29) is 0 Å². The maximum absolute atomic E-state index is 3.83. The van der Waals surface area contributed by atoms with Crippen molar-refractivity contribution in [2.24, 2.45) is 0 Å². The van der Waals surface area contributed by atoms with Crippen LogP contribution in [0.3, 0.4) is 0 Å². The Balaban J connectivity index is 3.04. The molecule has 1 aromatic carbocycles. The fourth-order valence-electron chi connectivity index (χ4n) is 1.59. The SMILES string of the molecule is C=CC/C(=C/[Si](C)(C)C)c1ccccc1. The van der Waals surface area contributed by atoms with E-state index in [4.69, 9.17) is 0 Å². The molecule has 0 bridgehead atoms. The molecule has 0 unspecified atom stereocenters. The van der Waals surface area contributed by atoms with Gasteiger partial charge in [-0.05, 0) is 17.6 Å². The van der Waals surface area contributed by atoms with Gasteiger partial charge in [-0.3, -0.25) is 0 Å². The molecule has 0 atom stereocenters. The average Bonchev–Trinajstić information content (AvgIpc) is 2.17. The number of rotatable bonds is 4. The molecule has 0 N–H and O–H groups in total. The molecule has 0 aliphatic carbocycles. The van der Waals surface area contributed by atoms with E-state index in [0.29, 0.717) is 0 Å². The molecule has 0 saturated carbocycles. The first-order valence-electron chi connectivity index (χ1n) is 5.41. The number of hydrogen-bond acceptors (Lipinski definition) is 0. The minimum Gasteiger partial charge on any atom is -0.103 e. The third-order valence-electron chi connectivity index (χ3n) is 2.12. The Labute approximate surface area is 94.4 Å². The van der Waals surface area contributed by atoms with Gasteiger partial charge < -0.3 is 0 Å². The molecule has 15 heavy (non-hydrogen) atoms. The molecule has 0 saturated heterocycles. The van der Waals surface area contributed by atoms with Crippen LogP contribution >= 0.6 is 0 Å². The van der Waals surface area contributed by atoms with Crippen LogP contribution in [-0.2, 0) is 0 Å². The Hall–Kier alpha value is -1.08. The normalized spacial score (nSPS) is 12.6. The summed E-state index contributed by atoms with van der Waals surface area (Å²) in [5.41, 5.74) is 5.22. The summed E-state index contributed by atoms with van der Waals surface area (Å²) >= 11 is 0. The summed E-state index contributed by atoms with van der Waals surface area (Å²) < 4.78 is 0. The van der Waals surface area contributed by atoms with Crippen LogP contribution in [-0.4, -0.2) is 8.07 Å². The highest BCUT2D eigenvalue weighted by atomic mass is 28.3. The Bertz CT molecular complexity index is 341. The zero-order valence-corrected chi connectivity index (χ0v) is 11.0. The first-order chi connectivity index (χ1) is 7.03. The van der Waals surface area contributed by atoms with Crippen molar-refractivity contribution in [1.29, 1.82) is 0 Å². The van der Waals surface area contributed by atoms with Crippen LogP contribution in [0.25, 0.3) is 5.57 Å². The molecule has 80 valence electrons. The van der Waals surface area contributed by atoms with Crippen LogP contribution in [0.2, 0.25) is 19.6 Å². The molecule has 0 amide bonds. The minimum absolute atomic E-state index is 0.967. The van der Waals surface area contributed by atoms with E-state index in [2.05, 4.69) is 62.3 Å². The number of benzene rings is 1. The molecule has 0 aliphatic heterocycles. The van der Waals surface area contributed by atoms with Crippen molar-refractivity contribution < 1.29 is 0 Å². The quantitative estimate of drug-likeness (QED) is 0.512. The van der Waals surface area contributed by atoms with Crippen molar-refractivity contribution in [1.82, 2.24) is 0 Å². The lowest BCUT2D eigenvalue weighted by atomic mass is 10.1. The molecule has 1 aromatic rings. The lowest BCUT2D eigenvalue weighted by Crippen LogP contribution is -2.16. The van der Waals surface area contributed by atoms with Crippen LogP contribution in [0.1, 0.15) is 12.0 Å². The third kappa shape index (κ3) is 4.30. The standard InChI is InChI=1S/C14H20Si/c1-5-9-14(12-15(2,3)4)13-10-7-6-8-11-13/h5-8,10-12H,1,9H2,2-4H3/b14-12-. The van der Waals surface area contributed by atoms with Gasteiger partial charge in [0.05, 0.1) is 8.07 Å². The number of hydrogen-bond donors (Lipinski definition) is 0. The lowest BCUT2D eigenvalue weighted by molar-refractivity contribution is 1.40. The first kappa shape index (κ1) is 12.0. The van der Waals surface area contributed by atoms with Crippen LogP contribution in [0, 0.1) is 0 Å². The van der Waals surface area contributed by atoms with Crippen molar-refractivity contribution in [2.45, 2.75) is 26.1 Å². The zero-order chi connectivity index (χ0) is 11.3. The van der Waals surface area contributed by atoms with Crippen LogP contribution in [0.15, 0.2) is 48.7 Å². The maximum atomic E-state index is 3.83. The minimum atomic E-state index is -1.15.